The summed E-state index contributed by atoms with van der Waals surface area (Å²) in [5.74, 6) is -0.00734. The molecule has 0 saturated carbocycles. The number of aryl methyl sites for hydroxylation is 4. The van der Waals surface area contributed by atoms with E-state index in [0.717, 1.165) is 22.5 Å². The Hall–Kier alpha value is -3.30. The maximum Gasteiger partial charge on any atom is 0.268 e. The molecule has 4 heterocycles. The van der Waals surface area contributed by atoms with E-state index in [1.165, 1.54) is 11.3 Å². The summed E-state index contributed by atoms with van der Waals surface area (Å²) in [6, 6.07) is 8.16. The highest BCUT2D eigenvalue weighted by atomic mass is 32.1. The second-order valence-electron chi connectivity index (χ2n) is 8.77. The number of nitrogens with zero attached hydrogens (tertiary/aromatic N) is 5. The van der Waals surface area contributed by atoms with Crippen LogP contribution in [0.15, 0.2) is 34.4 Å². The molecule has 1 saturated heterocycles. The van der Waals surface area contributed by atoms with Gasteiger partial charge >= 0.3 is 0 Å². The number of carbonyl (C=O) groups excluding carboxylic acids is 1. The molecule has 0 unspecified atom stereocenters. The molecule has 4 aromatic rings. The van der Waals surface area contributed by atoms with Crippen molar-refractivity contribution in [1.82, 2.24) is 24.1 Å². The van der Waals surface area contributed by atoms with Gasteiger partial charge in [0.05, 0.1) is 36.6 Å². The Morgan fingerprint density at radius 1 is 1.12 bits per heavy atom. The molecule has 0 radical (unpaired) electrons. The zero-order chi connectivity index (χ0) is 24.0. The number of rotatable bonds is 4. The normalized spacial score (nSPS) is 14.2. The highest BCUT2D eigenvalue weighted by Gasteiger charge is 2.22. The van der Waals surface area contributed by atoms with Crippen LogP contribution in [-0.2, 0) is 16.0 Å². The molecule has 1 amide bonds. The van der Waals surface area contributed by atoms with Crippen LogP contribution in [-0.4, -0.2) is 56.3 Å². The van der Waals surface area contributed by atoms with Gasteiger partial charge in [-0.25, -0.2) is 9.67 Å². The van der Waals surface area contributed by atoms with Gasteiger partial charge in [-0.3, -0.25) is 14.0 Å². The van der Waals surface area contributed by atoms with Crippen LogP contribution in [0.3, 0.4) is 0 Å². The van der Waals surface area contributed by atoms with Crippen LogP contribution in [0.5, 0.6) is 0 Å². The number of carbonyl (C=O) groups is 1. The zero-order valence-electron chi connectivity index (χ0n) is 19.8. The second-order valence-corrected chi connectivity index (χ2v) is 9.60. The molecule has 3 aromatic heterocycles. The molecule has 0 N–H and O–H groups in total. The highest BCUT2D eigenvalue weighted by molar-refractivity contribution is 7.15. The molecular formula is C25H27N5O3S. The van der Waals surface area contributed by atoms with Gasteiger partial charge in [0.2, 0.25) is 5.91 Å². The molecule has 9 heteroatoms. The molecule has 1 aromatic carbocycles. The number of morpholine rings is 1. The van der Waals surface area contributed by atoms with Gasteiger partial charge in [0.25, 0.3) is 5.56 Å². The standard InChI is InChI=1S/C25H27N5O3S/c1-15-5-6-16(2)21(11-15)30-17(3)12-20(27-30)23-18(4)26-25-29(24(23)32)19(14-34-25)13-22(31)28-7-9-33-10-8-28/h5-6,11-12,14H,7-10,13H2,1-4H3. The van der Waals surface area contributed by atoms with E-state index >= 15 is 0 Å². The third-order valence-corrected chi connectivity index (χ3v) is 7.13. The van der Waals surface area contributed by atoms with E-state index < -0.39 is 0 Å². The van der Waals surface area contributed by atoms with Crippen molar-refractivity contribution in [3.63, 3.8) is 0 Å². The predicted octanol–water partition coefficient (Wildman–Crippen LogP) is 3.24. The van der Waals surface area contributed by atoms with Crippen LogP contribution in [0.2, 0.25) is 0 Å². The Labute approximate surface area is 201 Å². The molecule has 0 bridgehead atoms. The second kappa shape index (κ2) is 8.81. The molecule has 1 aliphatic rings. The van der Waals surface area contributed by atoms with Gasteiger partial charge in [0.15, 0.2) is 4.96 Å². The summed E-state index contributed by atoms with van der Waals surface area (Å²) in [7, 11) is 0. The first-order valence-corrected chi connectivity index (χ1v) is 12.2. The lowest BCUT2D eigenvalue weighted by Gasteiger charge is -2.26. The number of benzene rings is 1. The van der Waals surface area contributed by atoms with Gasteiger partial charge < -0.3 is 9.64 Å². The van der Waals surface area contributed by atoms with E-state index in [9.17, 15) is 9.59 Å². The van der Waals surface area contributed by atoms with E-state index in [-0.39, 0.29) is 17.9 Å². The lowest BCUT2D eigenvalue weighted by molar-refractivity contribution is -0.134. The van der Waals surface area contributed by atoms with Crippen LogP contribution in [0.1, 0.15) is 28.2 Å². The summed E-state index contributed by atoms with van der Waals surface area (Å²) >= 11 is 1.37. The van der Waals surface area contributed by atoms with Gasteiger partial charge in [-0.15, -0.1) is 11.3 Å². The lowest BCUT2D eigenvalue weighted by Crippen LogP contribution is -2.41. The fourth-order valence-electron chi connectivity index (χ4n) is 4.39. The first kappa shape index (κ1) is 22.5. The summed E-state index contributed by atoms with van der Waals surface area (Å²) in [6.07, 6.45) is 0.153. The molecule has 1 aliphatic heterocycles. The van der Waals surface area contributed by atoms with Crippen LogP contribution < -0.4 is 5.56 Å². The van der Waals surface area contributed by atoms with E-state index in [4.69, 9.17) is 9.84 Å². The quantitative estimate of drug-likeness (QED) is 0.451. The van der Waals surface area contributed by atoms with E-state index in [0.29, 0.717) is 53.9 Å². The topological polar surface area (TPSA) is 81.7 Å². The molecule has 0 aliphatic carbocycles. The lowest BCUT2D eigenvalue weighted by atomic mass is 10.1. The Balaban J connectivity index is 1.57. The minimum absolute atomic E-state index is 0.00734. The Morgan fingerprint density at radius 2 is 1.88 bits per heavy atom. The minimum Gasteiger partial charge on any atom is -0.378 e. The van der Waals surface area contributed by atoms with Crippen LogP contribution in [0, 0.1) is 27.7 Å². The van der Waals surface area contributed by atoms with E-state index in [2.05, 4.69) is 23.2 Å². The van der Waals surface area contributed by atoms with Crippen molar-refractivity contribution in [2.24, 2.45) is 0 Å². The number of hydrogen-bond acceptors (Lipinski definition) is 6. The first-order valence-electron chi connectivity index (χ1n) is 11.3. The molecular weight excluding hydrogens is 450 g/mol. The van der Waals surface area contributed by atoms with Crippen molar-refractivity contribution >= 4 is 22.2 Å². The number of aromatic nitrogens is 4. The monoisotopic (exact) mass is 477 g/mol. The summed E-state index contributed by atoms with van der Waals surface area (Å²) in [5, 5.41) is 6.66. The third kappa shape index (κ3) is 3.95. The minimum atomic E-state index is -0.195. The maximum atomic E-state index is 13.7. The molecule has 8 nitrogen and oxygen atoms in total. The van der Waals surface area contributed by atoms with Crippen molar-refractivity contribution in [3.05, 3.63) is 68.2 Å². The Bertz CT molecular complexity index is 1460. The number of hydrogen-bond donors (Lipinski definition) is 0. The summed E-state index contributed by atoms with van der Waals surface area (Å²) < 4.78 is 8.79. The average Bonchev–Trinajstić information content (AvgIpc) is 3.39. The van der Waals surface area contributed by atoms with Crippen LogP contribution in [0.25, 0.3) is 21.9 Å². The molecule has 176 valence electrons. The van der Waals surface area contributed by atoms with Gasteiger partial charge in [-0.2, -0.15) is 5.10 Å². The third-order valence-electron chi connectivity index (χ3n) is 6.25. The number of thiazole rings is 1. The van der Waals surface area contributed by atoms with Crippen molar-refractivity contribution in [2.45, 2.75) is 34.1 Å². The number of fused-ring (bicyclic) bond motifs is 1. The summed E-state index contributed by atoms with van der Waals surface area (Å²) in [5.41, 5.74) is 6.30. The van der Waals surface area contributed by atoms with Crippen molar-refractivity contribution in [2.75, 3.05) is 26.3 Å². The molecule has 0 atom stereocenters. The van der Waals surface area contributed by atoms with E-state index in [1.807, 2.05) is 43.8 Å². The number of amides is 1. The summed E-state index contributed by atoms with van der Waals surface area (Å²) in [6.45, 7) is 10.2. The Kier molecular flexibility index (Phi) is 5.83. The largest absolute Gasteiger partial charge is 0.378 e. The van der Waals surface area contributed by atoms with E-state index in [1.54, 1.807) is 9.30 Å². The Morgan fingerprint density at radius 3 is 2.65 bits per heavy atom. The molecule has 5 rings (SSSR count). The number of ether oxygens (including phenoxy) is 1. The van der Waals surface area contributed by atoms with Crippen LogP contribution >= 0.6 is 11.3 Å². The van der Waals surface area contributed by atoms with Gasteiger partial charge in [0.1, 0.15) is 5.69 Å². The van der Waals surface area contributed by atoms with Crippen molar-refractivity contribution < 1.29 is 9.53 Å². The fraction of sp³-hybridized carbons (Fsp3) is 0.360. The van der Waals surface area contributed by atoms with Gasteiger partial charge in [-0.05, 0) is 51.0 Å². The van der Waals surface area contributed by atoms with Crippen molar-refractivity contribution in [3.8, 4) is 16.9 Å². The molecule has 34 heavy (non-hydrogen) atoms. The maximum absolute atomic E-state index is 13.7. The first-order chi connectivity index (χ1) is 16.3. The smallest absolute Gasteiger partial charge is 0.268 e. The highest BCUT2D eigenvalue weighted by Crippen LogP contribution is 2.25. The van der Waals surface area contributed by atoms with Crippen molar-refractivity contribution in [1.29, 1.82) is 0 Å². The van der Waals surface area contributed by atoms with Gasteiger partial charge in [0, 0.05) is 29.9 Å². The average molecular weight is 478 g/mol. The van der Waals surface area contributed by atoms with Crippen LogP contribution in [0.4, 0.5) is 0 Å². The van der Waals surface area contributed by atoms with Gasteiger partial charge in [-0.1, -0.05) is 12.1 Å². The zero-order valence-corrected chi connectivity index (χ0v) is 20.6. The fourth-order valence-corrected chi connectivity index (χ4v) is 5.32. The molecule has 0 spiro atoms. The molecule has 1 fully saturated rings. The summed E-state index contributed by atoms with van der Waals surface area (Å²) in [4.78, 5) is 33.6. The SMILES string of the molecule is Cc1ccc(C)c(-n2nc(-c3c(C)nc4scc(CC(=O)N5CCOCC5)n4c3=O)cc2C)c1. The predicted molar refractivity (Wildman–Crippen MR) is 132 cm³/mol.